The van der Waals surface area contributed by atoms with Crippen LogP contribution in [0.4, 0.5) is 0 Å². The number of cyclic esters (lactones) is 1. The molecule has 0 saturated carbocycles. The van der Waals surface area contributed by atoms with E-state index in [1.807, 2.05) is 56.3 Å². The zero-order valence-electron chi connectivity index (χ0n) is 25.1. The molecule has 1 aliphatic rings. The predicted octanol–water partition coefficient (Wildman–Crippen LogP) is 5.95. The Labute approximate surface area is 244 Å². The van der Waals surface area contributed by atoms with Crippen molar-refractivity contribution in [2.24, 2.45) is 17.8 Å². The fourth-order valence-corrected chi connectivity index (χ4v) is 5.01. The van der Waals surface area contributed by atoms with E-state index in [1.165, 1.54) is 6.08 Å². The first-order valence-electron chi connectivity index (χ1n) is 14.7. The lowest BCUT2D eigenvalue weighted by atomic mass is 9.80. The number of carbonyl (C=O) groups is 2. The molecule has 1 aromatic rings. The van der Waals surface area contributed by atoms with Crippen molar-refractivity contribution in [2.45, 2.75) is 97.6 Å². The summed E-state index contributed by atoms with van der Waals surface area (Å²) in [7, 11) is 0. The lowest BCUT2D eigenvalue weighted by molar-refractivity contribution is -0.151. The summed E-state index contributed by atoms with van der Waals surface area (Å²) in [5.74, 6) is -1.13. The van der Waals surface area contributed by atoms with Crippen molar-refractivity contribution >= 4 is 24.1 Å². The number of aliphatic carboxylic acids is 1. The minimum absolute atomic E-state index is 0.0769. The quantitative estimate of drug-likeness (QED) is 0.119. The molecule has 0 radical (unpaired) electrons. The van der Waals surface area contributed by atoms with Crippen LogP contribution in [0.15, 0.2) is 59.7 Å². The highest BCUT2D eigenvalue weighted by Gasteiger charge is 2.27. The number of carbonyl (C=O) groups excluding carboxylic acids is 1. The summed E-state index contributed by atoms with van der Waals surface area (Å²) >= 11 is 0. The third-order valence-corrected chi connectivity index (χ3v) is 7.48. The molecule has 6 atom stereocenters. The van der Waals surface area contributed by atoms with Crippen LogP contribution in [0.25, 0.3) is 12.2 Å². The zero-order valence-corrected chi connectivity index (χ0v) is 25.1. The molecule has 0 bridgehead atoms. The summed E-state index contributed by atoms with van der Waals surface area (Å²) in [5.41, 5.74) is 2.67. The smallest absolute Gasteiger partial charge is 0.331 e. The van der Waals surface area contributed by atoms with Crippen molar-refractivity contribution < 1.29 is 34.8 Å². The molecule has 1 aliphatic heterocycles. The minimum atomic E-state index is -1.09. The van der Waals surface area contributed by atoms with E-state index in [0.29, 0.717) is 24.8 Å². The Morgan fingerprint density at radius 3 is 2.44 bits per heavy atom. The van der Waals surface area contributed by atoms with Gasteiger partial charge in [0.2, 0.25) is 0 Å². The molecule has 0 aromatic heterocycles. The van der Waals surface area contributed by atoms with Crippen molar-refractivity contribution in [3.63, 3.8) is 0 Å². The normalized spacial score (nSPS) is 23.9. The molecule has 0 unspecified atom stereocenters. The van der Waals surface area contributed by atoms with Gasteiger partial charge in [0, 0.05) is 24.8 Å². The van der Waals surface area contributed by atoms with Gasteiger partial charge < -0.3 is 25.2 Å². The van der Waals surface area contributed by atoms with Crippen LogP contribution >= 0.6 is 0 Å². The Bertz CT molecular complexity index is 1110. The van der Waals surface area contributed by atoms with Crippen LogP contribution in [0.5, 0.6) is 0 Å². The number of hydrogen-bond acceptors (Lipinski definition) is 6. The van der Waals surface area contributed by atoms with E-state index < -0.39 is 24.3 Å². The molecular formula is C34H48O7. The third kappa shape index (κ3) is 12.2. The molecular weight excluding hydrogens is 520 g/mol. The van der Waals surface area contributed by atoms with Crippen LogP contribution in [0.2, 0.25) is 0 Å². The Hall–Kier alpha value is -3.00. The lowest BCUT2D eigenvalue weighted by Crippen LogP contribution is -2.27. The lowest BCUT2D eigenvalue weighted by Gasteiger charge is -2.26. The number of allylic oxidation sites excluding steroid dienone is 3. The van der Waals surface area contributed by atoms with Crippen molar-refractivity contribution in [2.75, 3.05) is 0 Å². The fraction of sp³-hybridized carbons (Fsp3) is 0.529. The molecule has 7 heteroatoms. The molecule has 41 heavy (non-hydrogen) atoms. The second-order valence-electron chi connectivity index (χ2n) is 11.7. The van der Waals surface area contributed by atoms with Gasteiger partial charge >= 0.3 is 11.9 Å². The van der Waals surface area contributed by atoms with Gasteiger partial charge in [0.05, 0.1) is 18.3 Å². The number of carboxylic acids is 1. The first-order chi connectivity index (χ1) is 19.4. The number of carboxylic acid groups (broad SMARTS) is 1. The van der Waals surface area contributed by atoms with Gasteiger partial charge in [-0.25, -0.2) is 4.79 Å². The first kappa shape index (κ1) is 34.2. The van der Waals surface area contributed by atoms with Crippen molar-refractivity contribution in [1.82, 2.24) is 0 Å². The van der Waals surface area contributed by atoms with E-state index in [2.05, 4.69) is 13.0 Å². The summed E-state index contributed by atoms with van der Waals surface area (Å²) in [5, 5.41) is 39.8. The van der Waals surface area contributed by atoms with E-state index >= 15 is 0 Å². The number of benzene rings is 1. The van der Waals surface area contributed by atoms with Gasteiger partial charge in [-0.15, -0.1) is 0 Å². The molecule has 1 heterocycles. The summed E-state index contributed by atoms with van der Waals surface area (Å²) in [6, 6.07) is 7.52. The van der Waals surface area contributed by atoms with Crippen molar-refractivity contribution in [3.05, 3.63) is 70.8 Å². The van der Waals surface area contributed by atoms with Crippen LogP contribution < -0.4 is 0 Å². The number of aliphatic hydroxyl groups excluding tert-OH is 3. The largest absolute Gasteiger partial charge is 0.478 e. The monoisotopic (exact) mass is 568 g/mol. The maximum Gasteiger partial charge on any atom is 0.331 e. The molecule has 0 amide bonds. The summed E-state index contributed by atoms with van der Waals surface area (Å²) in [6.07, 6.45) is 10.9. The van der Waals surface area contributed by atoms with Crippen molar-refractivity contribution in [1.29, 1.82) is 0 Å². The maximum absolute atomic E-state index is 12.5. The van der Waals surface area contributed by atoms with Gasteiger partial charge in [0.15, 0.2) is 0 Å². The molecule has 0 spiro atoms. The highest BCUT2D eigenvalue weighted by molar-refractivity contribution is 5.93. The van der Waals surface area contributed by atoms with Crippen molar-refractivity contribution in [3.8, 4) is 0 Å². The summed E-state index contributed by atoms with van der Waals surface area (Å²) < 4.78 is 5.68. The number of rotatable bonds is 10. The Morgan fingerprint density at radius 1 is 1.10 bits per heavy atom. The number of aliphatic hydroxyl groups is 3. The second-order valence-corrected chi connectivity index (χ2v) is 11.7. The van der Waals surface area contributed by atoms with E-state index in [9.17, 15) is 30.0 Å². The topological polar surface area (TPSA) is 124 Å². The van der Waals surface area contributed by atoms with Crippen LogP contribution in [-0.2, 0) is 14.3 Å². The first-order valence-corrected chi connectivity index (χ1v) is 14.7. The fourth-order valence-electron chi connectivity index (χ4n) is 5.01. The highest BCUT2D eigenvalue weighted by atomic mass is 16.5. The Morgan fingerprint density at radius 2 is 1.78 bits per heavy atom. The standard InChI is InChI=1S/C34H48O7/c1-22(2)32-14-7-6-10-24(4)28(13-9-15-33(38)41-32)29(34(39)40)21-27-12-8-11-26(20-27)17-16-23(3)18-30(36)31(37)19-25(5)35/h6-8,11-12,16-18,20-22,24-25,28,30-32,35-37H,9-10,13-15,19H2,1-5H3,(H,39,40)/t24-,25-,28-,30-,31-,32+/m0/s1. The van der Waals surface area contributed by atoms with Crippen LogP contribution in [-0.4, -0.2) is 56.8 Å². The maximum atomic E-state index is 12.5. The van der Waals surface area contributed by atoms with Gasteiger partial charge in [-0.2, -0.15) is 0 Å². The summed E-state index contributed by atoms with van der Waals surface area (Å²) in [6.45, 7) is 9.51. The van der Waals surface area contributed by atoms with E-state index in [4.69, 9.17) is 4.74 Å². The molecule has 1 aromatic carbocycles. The van der Waals surface area contributed by atoms with Gasteiger partial charge in [-0.1, -0.05) is 74.9 Å². The number of esters is 1. The molecule has 2 rings (SSSR count). The van der Waals surface area contributed by atoms with Gasteiger partial charge in [0.1, 0.15) is 6.10 Å². The van der Waals surface area contributed by atoms with Crippen LogP contribution in [0.3, 0.4) is 0 Å². The van der Waals surface area contributed by atoms with E-state index in [1.54, 1.807) is 19.9 Å². The molecule has 0 aliphatic carbocycles. The van der Waals surface area contributed by atoms with Crippen LogP contribution in [0, 0.1) is 17.8 Å². The molecule has 0 fully saturated rings. The van der Waals surface area contributed by atoms with E-state index in [-0.39, 0.29) is 42.7 Å². The molecule has 226 valence electrons. The average molecular weight is 569 g/mol. The van der Waals surface area contributed by atoms with Gasteiger partial charge in [-0.3, -0.25) is 4.79 Å². The molecule has 0 saturated heterocycles. The average Bonchev–Trinajstić information content (AvgIpc) is 2.89. The number of ether oxygens (including phenoxy) is 1. The third-order valence-electron chi connectivity index (χ3n) is 7.48. The Kier molecular flexibility index (Phi) is 14.2. The van der Waals surface area contributed by atoms with Gasteiger partial charge in [0.25, 0.3) is 0 Å². The van der Waals surface area contributed by atoms with Gasteiger partial charge in [-0.05, 0) is 74.1 Å². The second kappa shape index (κ2) is 17.1. The predicted molar refractivity (Wildman–Crippen MR) is 163 cm³/mol. The Balaban J connectivity index is 2.26. The SMILES string of the molecule is CC(C=Cc1cccc(C=C(C(=O)O)[C@H]2CCCC(=O)O[C@@H](C(C)C)CC=CC[C@@H]2C)c1)=C[C@H](O)[C@@H](O)C[C@H](C)O. The molecule has 7 nitrogen and oxygen atoms in total. The highest BCUT2D eigenvalue weighted by Crippen LogP contribution is 2.32. The summed E-state index contributed by atoms with van der Waals surface area (Å²) in [4.78, 5) is 24.9. The zero-order chi connectivity index (χ0) is 30.5. The van der Waals surface area contributed by atoms with E-state index in [0.717, 1.165) is 23.1 Å². The minimum Gasteiger partial charge on any atom is -0.478 e. The number of hydrogen-bond donors (Lipinski definition) is 4. The van der Waals surface area contributed by atoms with Crippen LogP contribution in [0.1, 0.15) is 84.3 Å². The molecule has 4 N–H and O–H groups in total.